The van der Waals surface area contributed by atoms with Crippen LogP contribution >= 0.6 is 11.6 Å². The number of likely N-dealkylation sites (tertiary alicyclic amines) is 1. The van der Waals surface area contributed by atoms with Crippen LogP contribution in [0.15, 0.2) is 48.5 Å². The topological polar surface area (TPSA) is 50.2 Å². The fourth-order valence-corrected chi connectivity index (χ4v) is 4.28. The third-order valence-electron chi connectivity index (χ3n) is 5.60. The van der Waals surface area contributed by atoms with Gasteiger partial charge in [0.05, 0.1) is 11.0 Å². The Labute approximate surface area is 176 Å². The number of carbonyl (C=O) groups is 1. The van der Waals surface area contributed by atoms with Gasteiger partial charge in [0.2, 0.25) is 5.91 Å². The Morgan fingerprint density at radius 1 is 1.21 bits per heavy atom. The van der Waals surface area contributed by atoms with Gasteiger partial charge in [-0.1, -0.05) is 35.9 Å². The van der Waals surface area contributed by atoms with Crippen molar-refractivity contribution in [3.8, 4) is 0 Å². The molecule has 1 saturated heterocycles. The summed E-state index contributed by atoms with van der Waals surface area (Å²) in [6.07, 6.45) is 2.61. The van der Waals surface area contributed by atoms with Gasteiger partial charge in [-0.15, -0.1) is 0 Å². The number of benzene rings is 2. The van der Waals surface area contributed by atoms with E-state index in [2.05, 4.69) is 38.0 Å². The summed E-state index contributed by atoms with van der Waals surface area (Å²) in [6.45, 7) is 5.49. The van der Waals surface area contributed by atoms with Gasteiger partial charge < -0.3 is 9.88 Å². The highest BCUT2D eigenvalue weighted by Crippen LogP contribution is 2.17. The number of aryl methyl sites for hydroxylation is 2. The number of imidazole rings is 1. The molecule has 0 spiro atoms. The monoisotopic (exact) mass is 410 g/mol. The standard InChI is InChI=1S/C23H27ClN4O/c1-17-25-21-6-2-3-7-22(21)28(17)14-12-23(29)26-20-5-4-13-27(16-20)15-18-8-10-19(24)11-9-18/h2-3,6-11,20H,4-5,12-16H2,1H3,(H,26,29). The van der Waals surface area contributed by atoms with Crippen LogP contribution in [0.1, 0.15) is 30.7 Å². The van der Waals surface area contributed by atoms with E-state index < -0.39 is 0 Å². The molecule has 1 fully saturated rings. The van der Waals surface area contributed by atoms with E-state index in [1.54, 1.807) is 0 Å². The molecule has 0 radical (unpaired) electrons. The van der Waals surface area contributed by atoms with Crippen molar-refractivity contribution >= 4 is 28.5 Å². The van der Waals surface area contributed by atoms with Crippen LogP contribution in [-0.2, 0) is 17.9 Å². The number of aromatic nitrogens is 2. The van der Waals surface area contributed by atoms with E-state index in [9.17, 15) is 4.79 Å². The Balaban J connectivity index is 1.30. The van der Waals surface area contributed by atoms with E-state index in [1.165, 1.54) is 5.56 Å². The van der Waals surface area contributed by atoms with Crippen molar-refractivity contribution in [2.24, 2.45) is 0 Å². The van der Waals surface area contributed by atoms with Crippen molar-refractivity contribution in [1.82, 2.24) is 19.8 Å². The minimum atomic E-state index is 0.112. The van der Waals surface area contributed by atoms with Crippen molar-refractivity contribution in [1.29, 1.82) is 0 Å². The molecule has 3 aromatic rings. The molecule has 152 valence electrons. The minimum Gasteiger partial charge on any atom is -0.352 e. The predicted octanol–water partition coefficient (Wildman–Crippen LogP) is 4.17. The Bertz CT molecular complexity index is 982. The molecule has 1 aliphatic heterocycles. The largest absolute Gasteiger partial charge is 0.352 e. The summed E-state index contributed by atoms with van der Waals surface area (Å²) in [5, 5.41) is 4.00. The second kappa shape index (κ2) is 8.97. The van der Waals surface area contributed by atoms with E-state index >= 15 is 0 Å². The summed E-state index contributed by atoms with van der Waals surface area (Å²) in [6, 6.07) is 16.3. The molecule has 0 bridgehead atoms. The predicted molar refractivity (Wildman–Crippen MR) is 117 cm³/mol. The number of halogens is 1. The molecule has 4 rings (SSSR count). The van der Waals surface area contributed by atoms with Crippen LogP contribution in [0.4, 0.5) is 0 Å². The SMILES string of the molecule is Cc1nc2ccccc2n1CCC(=O)NC1CCCN(Cc2ccc(Cl)cc2)C1. The van der Waals surface area contributed by atoms with Gasteiger partial charge in [-0.25, -0.2) is 4.98 Å². The molecule has 1 unspecified atom stereocenters. The van der Waals surface area contributed by atoms with Crippen LogP contribution < -0.4 is 5.32 Å². The molecular formula is C23H27ClN4O. The quantitative estimate of drug-likeness (QED) is 0.663. The second-order valence-electron chi connectivity index (χ2n) is 7.82. The lowest BCUT2D eigenvalue weighted by molar-refractivity contribution is -0.122. The molecular weight excluding hydrogens is 384 g/mol. The molecule has 1 atom stereocenters. The number of para-hydroxylation sites is 2. The van der Waals surface area contributed by atoms with Gasteiger partial charge >= 0.3 is 0 Å². The molecule has 6 heteroatoms. The lowest BCUT2D eigenvalue weighted by Crippen LogP contribution is -2.47. The highest BCUT2D eigenvalue weighted by molar-refractivity contribution is 6.30. The van der Waals surface area contributed by atoms with Crippen LogP contribution in [0.5, 0.6) is 0 Å². The fourth-order valence-electron chi connectivity index (χ4n) is 4.16. The smallest absolute Gasteiger partial charge is 0.222 e. The maximum absolute atomic E-state index is 12.6. The van der Waals surface area contributed by atoms with Crippen molar-refractivity contribution in [3.05, 3.63) is 64.9 Å². The molecule has 1 aliphatic rings. The van der Waals surface area contributed by atoms with Crippen LogP contribution in [0.25, 0.3) is 11.0 Å². The molecule has 5 nitrogen and oxygen atoms in total. The molecule has 0 aliphatic carbocycles. The number of piperidine rings is 1. The van der Waals surface area contributed by atoms with Gasteiger partial charge in [0.1, 0.15) is 5.82 Å². The van der Waals surface area contributed by atoms with Gasteiger partial charge in [0.25, 0.3) is 0 Å². The van der Waals surface area contributed by atoms with Gasteiger partial charge in [-0.3, -0.25) is 9.69 Å². The number of fused-ring (bicyclic) bond motifs is 1. The van der Waals surface area contributed by atoms with Crippen LogP contribution in [-0.4, -0.2) is 39.5 Å². The zero-order chi connectivity index (χ0) is 20.2. The maximum atomic E-state index is 12.6. The van der Waals surface area contributed by atoms with Crippen molar-refractivity contribution in [2.75, 3.05) is 13.1 Å². The van der Waals surface area contributed by atoms with E-state index in [-0.39, 0.29) is 11.9 Å². The lowest BCUT2D eigenvalue weighted by atomic mass is 10.0. The molecule has 2 aromatic carbocycles. The average molecular weight is 411 g/mol. The first-order valence-electron chi connectivity index (χ1n) is 10.3. The van der Waals surface area contributed by atoms with Crippen LogP contribution in [0.2, 0.25) is 5.02 Å². The van der Waals surface area contributed by atoms with Crippen molar-refractivity contribution < 1.29 is 4.79 Å². The Kier molecular flexibility index (Phi) is 6.16. The van der Waals surface area contributed by atoms with E-state index in [0.29, 0.717) is 13.0 Å². The molecule has 29 heavy (non-hydrogen) atoms. The number of hydrogen-bond acceptors (Lipinski definition) is 3. The summed E-state index contributed by atoms with van der Waals surface area (Å²) < 4.78 is 2.13. The lowest BCUT2D eigenvalue weighted by Gasteiger charge is -2.33. The first kappa shape index (κ1) is 19.9. The maximum Gasteiger partial charge on any atom is 0.222 e. The molecule has 1 amide bonds. The van der Waals surface area contributed by atoms with E-state index in [1.807, 2.05) is 37.3 Å². The third kappa shape index (κ3) is 4.98. The Morgan fingerprint density at radius 3 is 2.83 bits per heavy atom. The number of carbonyl (C=O) groups excluding carboxylic acids is 1. The summed E-state index contributed by atoms with van der Waals surface area (Å²) in [5.74, 6) is 1.06. The summed E-state index contributed by atoms with van der Waals surface area (Å²) in [5.41, 5.74) is 3.32. The average Bonchev–Trinajstić information content (AvgIpc) is 3.03. The Morgan fingerprint density at radius 2 is 2.00 bits per heavy atom. The van der Waals surface area contributed by atoms with E-state index in [0.717, 1.165) is 54.4 Å². The zero-order valence-corrected chi connectivity index (χ0v) is 17.5. The number of nitrogens with one attached hydrogen (secondary N) is 1. The number of amides is 1. The normalized spacial score (nSPS) is 17.5. The highest BCUT2D eigenvalue weighted by atomic mass is 35.5. The van der Waals surface area contributed by atoms with Crippen molar-refractivity contribution in [2.45, 2.75) is 45.3 Å². The number of nitrogens with zero attached hydrogens (tertiary/aromatic N) is 3. The summed E-state index contributed by atoms with van der Waals surface area (Å²) in [4.78, 5) is 19.6. The zero-order valence-electron chi connectivity index (χ0n) is 16.8. The van der Waals surface area contributed by atoms with Crippen LogP contribution in [0.3, 0.4) is 0 Å². The minimum absolute atomic E-state index is 0.112. The van der Waals surface area contributed by atoms with Gasteiger partial charge in [-0.2, -0.15) is 0 Å². The number of hydrogen-bond donors (Lipinski definition) is 1. The molecule has 0 saturated carbocycles. The third-order valence-corrected chi connectivity index (χ3v) is 5.85. The molecule has 1 N–H and O–H groups in total. The Hall–Kier alpha value is -2.37. The van der Waals surface area contributed by atoms with Crippen LogP contribution in [0, 0.1) is 6.92 Å². The molecule has 2 heterocycles. The summed E-state index contributed by atoms with van der Waals surface area (Å²) in [7, 11) is 0. The van der Waals surface area contributed by atoms with Crippen molar-refractivity contribution in [3.63, 3.8) is 0 Å². The number of rotatable bonds is 6. The molecule has 1 aromatic heterocycles. The summed E-state index contributed by atoms with van der Waals surface area (Å²) >= 11 is 5.98. The van der Waals surface area contributed by atoms with Gasteiger partial charge in [-0.05, 0) is 56.1 Å². The van der Waals surface area contributed by atoms with Gasteiger partial charge in [0.15, 0.2) is 0 Å². The fraction of sp³-hybridized carbons (Fsp3) is 0.391. The van der Waals surface area contributed by atoms with E-state index in [4.69, 9.17) is 11.6 Å². The van der Waals surface area contributed by atoms with Gasteiger partial charge in [0, 0.05) is 37.1 Å². The first-order valence-corrected chi connectivity index (χ1v) is 10.6. The first-order chi connectivity index (χ1) is 14.1. The second-order valence-corrected chi connectivity index (χ2v) is 8.25. The highest BCUT2D eigenvalue weighted by Gasteiger charge is 2.21.